The van der Waals surface area contributed by atoms with Crippen molar-refractivity contribution in [2.45, 2.75) is 84.2 Å². The number of hydrogen-bond acceptors (Lipinski definition) is 9. The second-order valence-electron chi connectivity index (χ2n) is 16.1. The first-order chi connectivity index (χ1) is 28.0. The van der Waals surface area contributed by atoms with Crippen LogP contribution in [-0.2, 0) is 25.7 Å². The number of carbonyl (C=O) groups is 4. The van der Waals surface area contributed by atoms with Gasteiger partial charge in [-0.25, -0.2) is 19.6 Å². The van der Waals surface area contributed by atoms with E-state index in [0.717, 1.165) is 87.0 Å². The third kappa shape index (κ3) is 6.96. The SMILES string of the molecule is COC(=O)NC(C(=O)N1CCCC1c1ncc(-c2ccc3c(c2)COc2c-3ccc3c2ccc2[nH]c([C@@H]4CCCN4C(=O)[C@@H](NC(=O)OC)C(C)C)nc23)[nH]1)C(C)C. The summed E-state index contributed by atoms with van der Waals surface area (Å²) in [7, 11) is 2.58. The van der Waals surface area contributed by atoms with Gasteiger partial charge in [0.05, 0.1) is 49.2 Å². The first-order valence-corrected chi connectivity index (χ1v) is 20.0. The number of likely N-dealkylation sites (tertiary alicyclic amines) is 2. The fourth-order valence-corrected chi connectivity index (χ4v) is 8.73. The van der Waals surface area contributed by atoms with Crippen LogP contribution in [0.2, 0.25) is 0 Å². The van der Waals surface area contributed by atoms with Crippen LogP contribution in [0.15, 0.2) is 48.7 Å². The van der Waals surface area contributed by atoms with Gasteiger partial charge in [-0.2, -0.15) is 0 Å². The number of alkyl carbamates (subject to hydrolysis) is 2. The van der Waals surface area contributed by atoms with Crippen LogP contribution in [0.25, 0.3) is 44.2 Å². The molecule has 15 heteroatoms. The molecule has 58 heavy (non-hydrogen) atoms. The molecule has 3 aliphatic heterocycles. The Hall–Kier alpha value is -6.12. The molecule has 3 aliphatic rings. The maximum absolute atomic E-state index is 13.7. The van der Waals surface area contributed by atoms with E-state index in [1.807, 2.05) is 49.8 Å². The quantitative estimate of drug-likeness (QED) is 0.125. The van der Waals surface area contributed by atoms with Crippen molar-refractivity contribution in [3.05, 3.63) is 65.9 Å². The van der Waals surface area contributed by atoms with Gasteiger partial charge in [0.15, 0.2) is 0 Å². The summed E-state index contributed by atoms with van der Waals surface area (Å²) in [4.78, 5) is 71.8. The number of aromatic nitrogens is 4. The van der Waals surface area contributed by atoms with Gasteiger partial charge < -0.3 is 44.6 Å². The zero-order valence-electron chi connectivity index (χ0n) is 33.7. The minimum Gasteiger partial charge on any atom is -0.488 e. The molecule has 2 aromatic heterocycles. The van der Waals surface area contributed by atoms with Crippen molar-refractivity contribution in [2.24, 2.45) is 11.8 Å². The lowest BCUT2D eigenvalue weighted by Gasteiger charge is -2.30. The average Bonchev–Trinajstić information content (AvgIpc) is 4.06. The highest BCUT2D eigenvalue weighted by molar-refractivity contribution is 6.09. The lowest BCUT2D eigenvalue weighted by atomic mass is 9.92. The molecule has 3 aromatic carbocycles. The van der Waals surface area contributed by atoms with E-state index in [1.165, 1.54) is 14.2 Å². The summed E-state index contributed by atoms with van der Waals surface area (Å²) in [5.41, 5.74) is 6.60. The number of aromatic amines is 2. The molecule has 4 atom stereocenters. The Labute approximate surface area is 336 Å². The predicted octanol–water partition coefficient (Wildman–Crippen LogP) is 6.75. The van der Waals surface area contributed by atoms with E-state index < -0.39 is 24.3 Å². The number of ether oxygens (including phenoxy) is 3. The van der Waals surface area contributed by atoms with Crippen molar-refractivity contribution >= 4 is 45.8 Å². The molecule has 5 heterocycles. The molecule has 0 bridgehead atoms. The zero-order chi connectivity index (χ0) is 40.8. The number of hydrogen-bond donors (Lipinski definition) is 4. The number of fused-ring (bicyclic) bond motifs is 7. The van der Waals surface area contributed by atoms with Gasteiger partial charge in [0.25, 0.3) is 0 Å². The second kappa shape index (κ2) is 15.7. The van der Waals surface area contributed by atoms with Gasteiger partial charge in [0.1, 0.15) is 36.1 Å². The van der Waals surface area contributed by atoms with Crippen molar-refractivity contribution in [1.82, 2.24) is 40.4 Å². The topological polar surface area (TPSA) is 184 Å². The summed E-state index contributed by atoms with van der Waals surface area (Å²) in [5, 5.41) is 7.32. The summed E-state index contributed by atoms with van der Waals surface area (Å²) < 4.78 is 16.1. The number of nitrogens with one attached hydrogen (secondary N) is 4. The first kappa shape index (κ1) is 38.7. The van der Waals surface area contributed by atoms with Crippen LogP contribution < -0.4 is 15.4 Å². The Kier molecular flexibility index (Phi) is 10.5. The largest absolute Gasteiger partial charge is 0.488 e. The maximum atomic E-state index is 13.7. The van der Waals surface area contributed by atoms with E-state index in [9.17, 15) is 19.2 Å². The molecule has 8 rings (SSSR count). The third-order valence-electron chi connectivity index (χ3n) is 11.8. The van der Waals surface area contributed by atoms with Crippen LogP contribution in [0.5, 0.6) is 5.75 Å². The smallest absolute Gasteiger partial charge is 0.407 e. The maximum Gasteiger partial charge on any atom is 0.407 e. The van der Waals surface area contributed by atoms with Crippen molar-refractivity contribution in [3.63, 3.8) is 0 Å². The standard InChI is InChI=1S/C43H50N8O7/c1-22(2)34(48-42(54)56-5)40(52)50-17-7-9-32(50)38-44-20-31(46-38)24-11-12-26-25(19-24)21-58-37-28(26)14-13-27-29(37)15-16-30-36(27)47-39(45-30)33-10-8-18-51(33)41(53)35(23(3)4)49-43(55)57-6/h11-16,19-20,22-23,32-35H,7-10,17-18,21H2,1-6H3,(H,44,46)(H,45,47)(H,48,54)(H,49,55)/t32?,33-,34?,35-/m0/s1. The van der Waals surface area contributed by atoms with Crippen LogP contribution >= 0.6 is 0 Å². The highest BCUT2D eigenvalue weighted by atomic mass is 16.5. The van der Waals surface area contributed by atoms with Crippen LogP contribution in [0.3, 0.4) is 0 Å². The number of rotatable bonds is 9. The molecule has 0 saturated carbocycles. The number of imidazole rings is 2. The molecule has 4 N–H and O–H groups in total. The highest BCUT2D eigenvalue weighted by Gasteiger charge is 2.39. The lowest BCUT2D eigenvalue weighted by Crippen LogP contribution is -2.51. The van der Waals surface area contributed by atoms with E-state index >= 15 is 0 Å². The zero-order valence-corrected chi connectivity index (χ0v) is 33.7. The van der Waals surface area contributed by atoms with E-state index in [4.69, 9.17) is 24.2 Å². The summed E-state index contributed by atoms with van der Waals surface area (Å²) in [6.45, 7) is 9.15. The molecule has 2 saturated heterocycles. The third-order valence-corrected chi connectivity index (χ3v) is 11.8. The minimum atomic E-state index is -0.708. The average molecular weight is 791 g/mol. The molecular weight excluding hydrogens is 741 g/mol. The van der Waals surface area contributed by atoms with Crippen molar-refractivity contribution < 1.29 is 33.4 Å². The van der Waals surface area contributed by atoms with E-state index in [1.54, 1.807) is 0 Å². The first-order valence-electron chi connectivity index (χ1n) is 20.0. The monoisotopic (exact) mass is 790 g/mol. The van der Waals surface area contributed by atoms with E-state index in [-0.39, 0.29) is 35.7 Å². The van der Waals surface area contributed by atoms with E-state index in [2.05, 4.69) is 57.0 Å². The number of benzene rings is 3. The molecule has 0 aliphatic carbocycles. The second-order valence-corrected chi connectivity index (χ2v) is 16.1. The van der Waals surface area contributed by atoms with Gasteiger partial charge in [-0.3, -0.25) is 9.59 Å². The van der Waals surface area contributed by atoms with Gasteiger partial charge in [-0.1, -0.05) is 45.9 Å². The minimum absolute atomic E-state index is 0.116. The highest BCUT2D eigenvalue weighted by Crippen LogP contribution is 2.45. The van der Waals surface area contributed by atoms with Crippen LogP contribution in [0.4, 0.5) is 9.59 Å². The van der Waals surface area contributed by atoms with Crippen LogP contribution in [0.1, 0.15) is 82.7 Å². The lowest BCUT2D eigenvalue weighted by molar-refractivity contribution is -0.136. The molecular formula is C43H50N8O7. The van der Waals surface area contributed by atoms with Gasteiger partial charge in [0.2, 0.25) is 11.8 Å². The fourth-order valence-electron chi connectivity index (χ4n) is 8.73. The Morgan fingerprint density at radius 2 is 1.38 bits per heavy atom. The van der Waals surface area contributed by atoms with Crippen molar-refractivity contribution in [2.75, 3.05) is 27.3 Å². The molecule has 0 radical (unpaired) electrons. The van der Waals surface area contributed by atoms with Crippen molar-refractivity contribution in [1.29, 1.82) is 0 Å². The number of H-pyrrole nitrogens is 2. The van der Waals surface area contributed by atoms with Crippen molar-refractivity contribution in [3.8, 4) is 28.1 Å². The summed E-state index contributed by atoms with van der Waals surface area (Å²) >= 11 is 0. The Morgan fingerprint density at radius 3 is 2.00 bits per heavy atom. The molecule has 2 unspecified atom stereocenters. The normalized spacial score (nSPS) is 18.6. The Bertz CT molecular complexity index is 2400. The number of methoxy groups -OCH3 is 2. The molecule has 4 amide bonds. The molecule has 0 spiro atoms. The molecule has 15 nitrogen and oxygen atoms in total. The number of amides is 4. The summed E-state index contributed by atoms with van der Waals surface area (Å²) in [5.74, 6) is 1.69. The number of nitrogens with zero attached hydrogens (tertiary/aromatic N) is 4. The van der Waals surface area contributed by atoms with E-state index in [0.29, 0.717) is 25.5 Å². The van der Waals surface area contributed by atoms with Gasteiger partial charge in [0, 0.05) is 29.4 Å². The summed E-state index contributed by atoms with van der Waals surface area (Å²) in [6, 6.07) is 12.7. The number of carbonyl (C=O) groups excluding carboxylic acids is 4. The fraction of sp³-hybridized carbons (Fsp3) is 0.442. The Morgan fingerprint density at radius 1 is 0.776 bits per heavy atom. The predicted molar refractivity (Wildman–Crippen MR) is 217 cm³/mol. The molecule has 304 valence electrons. The van der Waals surface area contributed by atoms with Gasteiger partial charge >= 0.3 is 12.2 Å². The summed E-state index contributed by atoms with van der Waals surface area (Å²) in [6.07, 6.45) is 3.74. The Balaban J connectivity index is 1.03. The van der Waals surface area contributed by atoms with Crippen LogP contribution in [0, 0.1) is 11.8 Å². The van der Waals surface area contributed by atoms with Gasteiger partial charge in [-0.15, -0.1) is 0 Å². The van der Waals surface area contributed by atoms with Crippen LogP contribution in [-0.4, -0.2) is 93.1 Å². The van der Waals surface area contributed by atoms with Gasteiger partial charge in [-0.05, 0) is 78.5 Å². The molecule has 5 aromatic rings. The molecule has 2 fully saturated rings.